The van der Waals surface area contributed by atoms with E-state index in [-0.39, 0.29) is 18.2 Å². The number of aromatic nitrogens is 2. The fourth-order valence-electron chi connectivity index (χ4n) is 3.10. The van der Waals surface area contributed by atoms with Crippen molar-refractivity contribution in [2.24, 2.45) is 0 Å². The highest BCUT2D eigenvalue weighted by Gasteiger charge is 2.20. The first-order valence-corrected chi connectivity index (χ1v) is 8.98. The highest BCUT2D eigenvalue weighted by Crippen LogP contribution is 2.21. The molecular weight excluding hydrogens is 326 g/mol. The van der Waals surface area contributed by atoms with Crippen LogP contribution in [0.5, 0.6) is 0 Å². The molecule has 0 bridgehead atoms. The van der Waals surface area contributed by atoms with E-state index in [0.717, 1.165) is 23.9 Å². The van der Waals surface area contributed by atoms with Crippen molar-refractivity contribution in [3.63, 3.8) is 0 Å². The van der Waals surface area contributed by atoms with Crippen LogP contribution in [0.15, 0.2) is 54.6 Å². The number of likely N-dealkylation sites (N-methyl/N-ethyl adjacent to an activating group) is 1. The van der Waals surface area contributed by atoms with Crippen LogP contribution in [0.3, 0.4) is 0 Å². The third kappa shape index (κ3) is 3.52. The summed E-state index contributed by atoms with van der Waals surface area (Å²) in [7, 11) is 0. The number of carbonyl (C=O) groups excluding carboxylic acids is 2. The smallest absolute Gasteiger partial charge is 0.244 e. The van der Waals surface area contributed by atoms with Crippen molar-refractivity contribution in [1.82, 2.24) is 14.7 Å². The van der Waals surface area contributed by atoms with Crippen LogP contribution >= 0.6 is 0 Å². The molecule has 0 radical (unpaired) electrons. The lowest BCUT2D eigenvalue weighted by atomic mass is 10.1. The second-order valence-electron chi connectivity index (χ2n) is 6.19. The molecule has 5 nitrogen and oxygen atoms in total. The first-order valence-electron chi connectivity index (χ1n) is 8.98. The Balaban J connectivity index is 1.98. The molecule has 5 heteroatoms. The Kier molecular flexibility index (Phi) is 5.46. The Hall–Kier alpha value is -2.95. The van der Waals surface area contributed by atoms with E-state index in [9.17, 15) is 9.59 Å². The predicted molar refractivity (Wildman–Crippen MR) is 102 cm³/mol. The Morgan fingerprint density at radius 1 is 1.00 bits per heavy atom. The number of amides is 1. The van der Waals surface area contributed by atoms with Crippen molar-refractivity contribution in [2.75, 3.05) is 13.1 Å². The number of nitrogens with zero attached hydrogens (tertiary/aromatic N) is 3. The first-order chi connectivity index (χ1) is 12.7. The van der Waals surface area contributed by atoms with Crippen molar-refractivity contribution in [3.8, 4) is 0 Å². The summed E-state index contributed by atoms with van der Waals surface area (Å²) in [5, 5.41) is 5.27. The number of hydrogen-bond donors (Lipinski definition) is 0. The molecule has 0 fully saturated rings. The van der Waals surface area contributed by atoms with Crippen LogP contribution in [0, 0.1) is 0 Å². The maximum atomic E-state index is 12.9. The molecule has 0 aliphatic heterocycles. The molecular formula is C21H23N3O2. The second kappa shape index (κ2) is 7.95. The minimum absolute atomic E-state index is 0.0151. The maximum Gasteiger partial charge on any atom is 0.244 e. The van der Waals surface area contributed by atoms with Crippen LogP contribution in [-0.2, 0) is 11.3 Å². The van der Waals surface area contributed by atoms with E-state index in [4.69, 9.17) is 0 Å². The lowest BCUT2D eigenvalue weighted by Gasteiger charge is -2.20. The summed E-state index contributed by atoms with van der Waals surface area (Å²) >= 11 is 0. The van der Waals surface area contributed by atoms with Gasteiger partial charge in [-0.1, -0.05) is 55.5 Å². The maximum absolute atomic E-state index is 12.9. The molecule has 134 valence electrons. The van der Waals surface area contributed by atoms with Gasteiger partial charge in [-0.2, -0.15) is 5.10 Å². The Morgan fingerprint density at radius 3 is 2.38 bits per heavy atom. The van der Waals surface area contributed by atoms with E-state index in [1.54, 1.807) is 16.8 Å². The molecule has 1 heterocycles. The molecule has 0 atom stereocenters. The average Bonchev–Trinajstić information content (AvgIpc) is 3.04. The number of para-hydroxylation sites is 1. The van der Waals surface area contributed by atoms with Crippen LogP contribution in [-0.4, -0.2) is 39.5 Å². The van der Waals surface area contributed by atoms with Crippen molar-refractivity contribution in [3.05, 3.63) is 65.9 Å². The molecule has 0 N–H and O–H groups in total. The number of carbonyl (C=O) groups is 2. The predicted octanol–water partition coefficient (Wildman–Crippen LogP) is 3.53. The molecule has 1 aromatic heterocycles. The van der Waals surface area contributed by atoms with Gasteiger partial charge in [-0.25, -0.2) is 0 Å². The van der Waals surface area contributed by atoms with Crippen LogP contribution in [0.25, 0.3) is 10.9 Å². The topological polar surface area (TPSA) is 55.2 Å². The lowest BCUT2D eigenvalue weighted by molar-refractivity contribution is -0.131. The zero-order chi connectivity index (χ0) is 18.5. The summed E-state index contributed by atoms with van der Waals surface area (Å²) in [5.41, 5.74) is 1.78. The lowest BCUT2D eigenvalue weighted by Crippen LogP contribution is -2.34. The third-order valence-corrected chi connectivity index (χ3v) is 4.42. The Labute approximate surface area is 153 Å². The molecule has 1 amide bonds. The van der Waals surface area contributed by atoms with Gasteiger partial charge in [0, 0.05) is 24.0 Å². The van der Waals surface area contributed by atoms with Gasteiger partial charge in [0.2, 0.25) is 11.7 Å². The number of hydrogen-bond acceptors (Lipinski definition) is 3. The fourth-order valence-corrected chi connectivity index (χ4v) is 3.10. The minimum Gasteiger partial charge on any atom is -0.341 e. The molecule has 0 saturated heterocycles. The molecule has 0 unspecified atom stereocenters. The molecule has 0 spiro atoms. The monoisotopic (exact) mass is 349 g/mol. The van der Waals surface area contributed by atoms with E-state index in [1.807, 2.05) is 54.3 Å². The van der Waals surface area contributed by atoms with E-state index in [2.05, 4.69) is 12.0 Å². The third-order valence-electron chi connectivity index (χ3n) is 4.42. The molecule has 2 aromatic carbocycles. The quantitative estimate of drug-likeness (QED) is 0.613. The number of fused-ring (bicyclic) bond motifs is 1. The number of rotatable bonds is 7. The van der Waals surface area contributed by atoms with Crippen LogP contribution < -0.4 is 0 Å². The summed E-state index contributed by atoms with van der Waals surface area (Å²) in [5.74, 6) is -0.116. The van der Waals surface area contributed by atoms with Gasteiger partial charge in [-0.15, -0.1) is 0 Å². The molecule has 3 aromatic rings. The highest BCUT2D eigenvalue weighted by molar-refractivity contribution is 6.14. The Morgan fingerprint density at radius 2 is 1.69 bits per heavy atom. The van der Waals surface area contributed by atoms with E-state index in [0.29, 0.717) is 17.8 Å². The van der Waals surface area contributed by atoms with Crippen LogP contribution in [0.4, 0.5) is 0 Å². The van der Waals surface area contributed by atoms with Crippen LogP contribution in [0.2, 0.25) is 0 Å². The van der Waals surface area contributed by atoms with Crippen molar-refractivity contribution >= 4 is 22.6 Å². The fraction of sp³-hybridized carbons (Fsp3) is 0.286. The second-order valence-corrected chi connectivity index (χ2v) is 6.19. The van der Waals surface area contributed by atoms with E-state index in [1.165, 1.54) is 0 Å². The van der Waals surface area contributed by atoms with Crippen LogP contribution in [0.1, 0.15) is 36.3 Å². The summed E-state index contributed by atoms with van der Waals surface area (Å²) in [6.45, 7) is 5.55. The SMILES string of the molecule is CCCN(CC)C(=O)Cn1nc(C(=O)c2ccccc2)c2ccccc21. The van der Waals surface area contributed by atoms with Gasteiger partial charge >= 0.3 is 0 Å². The summed E-state index contributed by atoms with van der Waals surface area (Å²) in [6, 6.07) is 16.6. The molecule has 3 rings (SSSR count). The summed E-state index contributed by atoms with van der Waals surface area (Å²) < 4.78 is 1.64. The van der Waals surface area contributed by atoms with Gasteiger partial charge in [0.05, 0.1) is 5.52 Å². The standard InChI is InChI=1S/C21H23N3O2/c1-3-14-23(4-2)19(25)15-24-18-13-9-8-12-17(18)20(22-24)21(26)16-10-6-5-7-11-16/h5-13H,3-4,14-15H2,1-2H3. The van der Waals surface area contributed by atoms with E-state index < -0.39 is 0 Å². The molecule has 26 heavy (non-hydrogen) atoms. The number of ketones is 1. The summed E-state index contributed by atoms with van der Waals surface area (Å²) in [6.07, 6.45) is 0.914. The van der Waals surface area contributed by atoms with Crippen molar-refractivity contribution in [1.29, 1.82) is 0 Å². The summed E-state index contributed by atoms with van der Waals surface area (Å²) in [4.78, 5) is 27.3. The number of benzene rings is 2. The van der Waals surface area contributed by atoms with Gasteiger partial charge in [0.1, 0.15) is 12.2 Å². The normalized spacial score (nSPS) is 10.8. The first kappa shape index (κ1) is 17.9. The largest absolute Gasteiger partial charge is 0.341 e. The van der Waals surface area contributed by atoms with Gasteiger partial charge in [-0.3, -0.25) is 14.3 Å². The molecule has 0 aliphatic carbocycles. The van der Waals surface area contributed by atoms with Gasteiger partial charge < -0.3 is 4.90 Å². The van der Waals surface area contributed by atoms with Gasteiger partial charge in [0.25, 0.3) is 0 Å². The highest BCUT2D eigenvalue weighted by atomic mass is 16.2. The molecule has 0 saturated carbocycles. The van der Waals surface area contributed by atoms with E-state index >= 15 is 0 Å². The average molecular weight is 349 g/mol. The van der Waals surface area contributed by atoms with Crippen molar-refractivity contribution in [2.45, 2.75) is 26.8 Å². The van der Waals surface area contributed by atoms with Gasteiger partial charge in [0.15, 0.2) is 0 Å². The molecule has 0 aliphatic rings. The van der Waals surface area contributed by atoms with Crippen molar-refractivity contribution < 1.29 is 9.59 Å². The zero-order valence-corrected chi connectivity index (χ0v) is 15.2. The van der Waals surface area contributed by atoms with Gasteiger partial charge in [-0.05, 0) is 19.4 Å². The Bertz CT molecular complexity index is 915. The minimum atomic E-state index is -0.131. The zero-order valence-electron chi connectivity index (χ0n) is 15.2.